The lowest BCUT2D eigenvalue weighted by atomic mass is 10.2. The van der Waals surface area contributed by atoms with Gasteiger partial charge in [0.25, 0.3) is 0 Å². The van der Waals surface area contributed by atoms with E-state index in [0.29, 0.717) is 23.0 Å². The number of aromatic nitrogens is 3. The fraction of sp³-hybridized carbons (Fsp3) is 0.385. The van der Waals surface area contributed by atoms with Crippen LogP contribution in [-0.4, -0.2) is 28.2 Å². The van der Waals surface area contributed by atoms with E-state index in [-0.39, 0.29) is 5.75 Å². The third-order valence-corrected chi connectivity index (χ3v) is 3.88. The summed E-state index contributed by atoms with van der Waals surface area (Å²) in [6.45, 7) is 0.567. The maximum atomic E-state index is 12.4. The molecule has 0 fully saturated rings. The van der Waals surface area contributed by atoms with Gasteiger partial charge in [0.05, 0.1) is 6.54 Å². The molecule has 0 spiro atoms. The predicted molar refractivity (Wildman–Crippen MR) is 76.5 cm³/mol. The van der Waals surface area contributed by atoms with Gasteiger partial charge in [-0.05, 0) is 13.1 Å². The van der Waals surface area contributed by atoms with Crippen LogP contribution in [0.3, 0.4) is 0 Å². The monoisotopic (exact) mass is 332 g/mol. The predicted octanol–water partition coefficient (Wildman–Crippen LogP) is 2.73. The Morgan fingerprint density at radius 1 is 1.27 bits per heavy atom. The molecule has 0 aliphatic heterocycles. The summed E-state index contributed by atoms with van der Waals surface area (Å²) in [5, 5.41) is 11.6. The number of ether oxygens (including phenoxy) is 1. The number of rotatable bonds is 6. The molecule has 0 unspecified atom stereocenters. The van der Waals surface area contributed by atoms with Crippen LogP contribution in [0.2, 0.25) is 0 Å². The fourth-order valence-corrected chi connectivity index (χ4v) is 2.69. The minimum absolute atomic E-state index is 0.194. The van der Waals surface area contributed by atoms with Crippen molar-refractivity contribution in [1.29, 1.82) is 0 Å². The van der Waals surface area contributed by atoms with Gasteiger partial charge in [-0.25, -0.2) is 0 Å². The molecule has 1 heterocycles. The number of benzene rings is 1. The average molecular weight is 332 g/mol. The molecule has 1 aromatic carbocycles. The van der Waals surface area contributed by atoms with E-state index in [2.05, 4.69) is 20.3 Å². The van der Waals surface area contributed by atoms with Gasteiger partial charge >= 0.3 is 6.36 Å². The minimum Gasteiger partial charge on any atom is -0.405 e. The van der Waals surface area contributed by atoms with Gasteiger partial charge in [-0.15, -0.1) is 23.4 Å². The second-order valence-corrected chi connectivity index (χ2v) is 5.37. The zero-order valence-corrected chi connectivity index (χ0v) is 12.8. The second kappa shape index (κ2) is 7.01. The van der Waals surface area contributed by atoms with Crippen molar-refractivity contribution in [2.45, 2.75) is 23.8 Å². The van der Waals surface area contributed by atoms with Crippen molar-refractivity contribution in [1.82, 2.24) is 20.1 Å². The van der Waals surface area contributed by atoms with Crippen LogP contribution < -0.4 is 10.1 Å². The average Bonchev–Trinajstić information content (AvgIpc) is 2.78. The molecule has 0 aliphatic carbocycles. The summed E-state index contributed by atoms with van der Waals surface area (Å²) in [4.78, 5) is 0. The highest BCUT2D eigenvalue weighted by molar-refractivity contribution is 7.98. The Morgan fingerprint density at radius 3 is 2.68 bits per heavy atom. The molecule has 0 amide bonds. The lowest BCUT2D eigenvalue weighted by Crippen LogP contribution is -2.18. The van der Waals surface area contributed by atoms with E-state index in [1.807, 2.05) is 7.05 Å². The second-order valence-electron chi connectivity index (χ2n) is 4.43. The van der Waals surface area contributed by atoms with Crippen LogP contribution in [0.1, 0.15) is 11.4 Å². The topological polar surface area (TPSA) is 52.0 Å². The van der Waals surface area contributed by atoms with Crippen LogP contribution >= 0.6 is 11.8 Å². The van der Waals surface area contributed by atoms with E-state index >= 15 is 0 Å². The number of halogens is 3. The summed E-state index contributed by atoms with van der Waals surface area (Å²) in [6, 6.07) is 6.07. The lowest BCUT2D eigenvalue weighted by Gasteiger charge is -2.12. The Morgan fingerprint density at radius 2 is 2.00 bits per heavy atom. The van der Waals surface area contributed by atoms with Crippen molar-refractivity contribution < 1.29 is 17.9 Å². The fourth-order valence-electron chi connectivity index (χ4n) is 1.77. The van der Waals surface area contributed by atoms with E-state index in [1.165, 1.54) is 23.9 Å². The number of alkyl halides is 3. The summed E-state index contributed by atoms with van der Waals surface area (Å²) in [5.41, 5.74) is 0.447. The van der Waals surface area contributed by atoms with Gasteiger partial charge < -0.3 is 14.6 Å². The molecule has 22 heavy (non-hydrogen) atoms. The highest BCUT2D eigenvalue weighted by Crippen LogP contribution is 2.30. The first-order valence-corrected chi connectivity index (χ1v) is 7.38. The van der Waals surface area contributed by atoms with Crippen molar-refractivity contribution in [3.8, 4) is 5.75 Å². The summed E-state index contributed by atoms with van der Waals surface area (Å²) in [7, 11) is 3.61. The van der Waals surface area contributed by atoms with Crippen LogP contribution in [0.15, 0.2) is 29.4 Å². The Hall–Kier alpha value is -1.74. The van der Waals surface area contributed by atoms with Crippen LogP contribution in [-0.2, 0) is 19.3 Å². The van der Waals surface area contributed by atoms with Crippen molar-refractivity contribution >= 4 is 11.8 Å². The summed E-state index contributed by atoms with van der Waals surface area (Å²) >= 11 is 1.30. The van der Waals surface area contributed by atoms with Crippen LogP contribution in [0.25, 0.3) is 0 Å². The highest BCUT2D eigenvalue weighted by atomic mass is 32.2. The number of hydrogen-bond donors (Lipinski definition) is 1. The minimum atomic E-state index is -4.70. The number of nitrogens with one attached hydrogen (secondary N) is 1. The number of para-hydroxylation sites is 1. The van der Waals surface area contributed by atoms with Crippen molar-refractivity contribution in [2.24, 2.45) is 7.05 Å². The van der Waals surface area contributed by atoms with Crippen molar-refractivity contribution in [2.75, 3.05) is 7.05 Å². The van der Waals surface area contributed by atoms with Gasteiger partial charge in [-0.3, -0.25) is 0 Å². The van der Waals surface area contributed by atoms with Crippen molar-refractivity contribution in [3.63, 3.8) is 0 Å². The molecule has 2 rings (SSSR count). The quantitative estimate of drug-likeness (QED) is 0.825. The maximum absolute atomic E-state index is 12.4. The standard InChI is InChI=1S/C13H15F3N4OS/c1-17-7-11-18-19-12(20(11)2)22-8-9-5-3-4-6-10(9)21-13(14,15)16/h3-6,17H,7-8H2,1-2H3. The van der Waals surface area contributed by atoms with Gasteiger partial charge in [-0.2, -0.15) is 0 Å². The van der Waals surface area contributed by atoms with Gasteiger partial charge in [-0.1, -0.05) is 30.0 Å². The number of hydrogen-bond acceptors (Lipinski definition) is 5. The van der Waals surface area contributed by atoms with Crippen LogP contribution in [0.4, 0.5) is 13.2 Å². The molecule has 0 saturated carbocycles. The molecule has 0 bridgehead atoms. The molecular formula is C13H15F3N4OS. The van der Waals surface area contributed by atoms with E-state index in [9.17, 15) is 13.2 Å². The molecule has 1 aromatic heterocycles. The zero-order chi connectivity index (χ0) is 16.2. The molecule has 9 heteroatoms. The Bertz CT molecular complexity index is 630. The largest absolute Gasteiger partial charge is 0.573 e. The summed E-state index contributed by atoms with van der Waals surface area (Å²) in [5.74, 6) is 0.863. The molecule has 120 valence electrons. The number of nitrogens with zero attached hydrogens (tertiary/aromatic N) is 3. The zero-order valence-electron chi connectivity index (χ0n) is 12.0. The molecular weight excluding hydrogens is 317 g/mol. The molecule has 0 radical (unpaired) electrons. The van der Waals surface area contributed by atoms with Gasteiger partial charge in [0.2, 0.25) is 0 Å². The SMILES string of the molecule is CNCc1nnc(SCc2ccccc2OC(F)(F)F)n1C. The Labute approximate surface area is 129 Å². The van der Waals surface area contributed by atoms with Crippen LogP contribution in [0, 0.1) is 0 Å². The van der Waals surface area contributed by atoms with E-state index in [1.54, 1.807) is 23.7 Å². The Balaban J connectivity index is 2.09. The first kappa shape index (κ1) is 16.6. The third-order valence-electron chi connectivity index (χ3n) is 2.82. The highest BCUT2D eigenvalue weighted by Gasteiger charge is 2.32. The van der Waals surface area contributed by atoms with Crippen LogP contribution in [0.5, 0.6) is 5.75 Å². The first-order chi connectivity index (χ1) is 10.4. The summed E-state index contributed by atoms with van der Waals surface area (Å²) in [6.07, 6.45) is -4.70. The van der Waals surface area contributed by atoms with Gasteiger partial charge in [0.15, 0.2) is 5.16 Å². The lowest BCUT2D eigenvalue weighted by molar-refractivity contribution is -0.274. The van der Waals surface area contributed by atoms with Gasteiger partial charge in [0, 0.05) is 18.4 Å². The summed E-state index contributed by atoms with van der Waals surface area (Å²) < 4.78 is 43.0. The Kier molecular flexibility index (Phi) is 5.30. The van der Waals surface area contributed by atoms with E-state index < -0.39 is 6.36 Å². The van der Waals surface area contributed by atoms with Gasteiger partial charge in [0.1, 0.15) is 11.6 Å². The molecule has 2 aromatic rings. The van der Waals surface area contributed by atoms with E-state index in [0.717, 1.165) is 5.82 Å². The molecule has 0 aliphatic rings. The first-order valence-electron chi connectivity index (χ1n) is 6.40. The van der Waals surface area contributed by atoms with Crippen molar-refractivity contribution in [3.05, 3.63) is 35.7 Å². The third kappa shape index (κ3) is 4.38. The maximum Gasteiger partial charge on any atom is 0.573 e. The molecule has 0 atom stereocenters. The molecule has 1 N–H and O–H groups in total. The molecule has 0 saturated heterocycles. The number of thioether (sulfide) groups is 1. The molecule has 5 nitrogen and oxygen atoms in total. The normalized spacial score (nSPS) is 11.7. The van der Waals surface area contributed by atoms with E-state index in [4.69, 9.17) is 0 Å². The smallest absolute Gasteiger partial charge is 0.405 e.